The molecular formula is C13H12BrN3O3. The predicted molar refractivity (Wildman–Crippen MR) is 76.8 cm³/mol. The van der Waals surface area contributed by atoms with Crippen molar-refractivity contribution in [3.05, 3.63) is 39.2 Å². The molecule has 1 fully saturated rings. The molecule has 0 radical (unpaired) electrons. The number of hydrogen-bond acceptors (Lipinski definition) is 3. The molecule has 2 aromatic rings. The number of likely N-dealkylation sites (tertiary alicyclic amines) is 1. The Morgan fingerprint density at radius 1 is 1.45 bits per heavy atom. The molecule has 104 valence electrons. The van der Waals surface area contributed by atoms with Gasteiger partial charge in [0.25, 0.3) is 5.56 Å². The summed E-state index contributed by atoms with van der Waals surface area (Å²) in [6.45, 7) is 1.47. The van der Waals surface area contributed by atoms with Gasteiger partial charge in [0, 0.05) is 30.0 Å². The van der Waals surface area contributed by atoms with Crippen molar-refractivity contribution in [2.24, 2.45) is 5.92 Å². The molecule has 1 aliphatic heterocycles. The lowest BCUT2D eigenvalue weighted by atomic mass is 10.0. The van der Waals surface area contributed by atoms with Crippen LogP contribution in [-0.4, -0.2) is 38.7 Å². The molecule has 1 aromatic carbocycles. The van der Waals surface area contributed by atoms with E-state index in [1.807, 2.05) is 18.2 Å². The fraction of sp³-hybridized carbons (Fsp3) is 0.308. The number of carboxylic acid groups (broad SMARTS) is 1. The highest BCUT2D eigenvalue weighted by molar-refractivity contribution is 9.10. The maximum Gasteiger partial charge on any atom is 0.407 e. The maximum atomic E-state index is 12.0. The summed E-state index contributed by atoms with van der Waals surface area (Å²) in [5.41, 5.74) is 1.36. The third-order valence-electron chi connectivity index (χ3n) is 3.48. The number of hydrogen-bond donors (Lipinski definition) is 1. The van der Waals surface area contributed by atoms with Gasteiger partial charge in [-0.3, -0.25) is 4.79 Å². The molecule has 3 rings (SSSR count). The summed E-state index contributed by atoms with van der Waals surface area (Å²) < 4.78 is 2.57. The molecule has 0 aliphatic carbocycles. The lowest BCUT2D eigenvalue weighted by molar-refractivity contribution is 0.0749. The first-order chi connectivity index (χ1) is 9.54. The quantitative estimate of drug-likeness (QED) is 0.906. The van der Waals surface area contributed by atoms with Crippen LogP contribution < -0.4 is 5.56 Å². The van der Waals surface area contributed by atoms with E-state index in [1.165, 1.54) is 11.1 Å². The highest BCUT2D eigenvalue weighted by atomic mass is 79.9. The molecule has 0 saturated carbocycles. The van der Waals surface area contributed by atoms with Crippen LogP contribution in [-0.2, 0) is 6.54 Å². The standard InChI is InChI=1S/C13H12BrN3O3/c14-9-1-2-11-10(3-9)15-4-12(18)17(11)7-8-5-16(6-8)13(19)20/h1-4,8H,5-7H2,(H,19,20). The number of halogens is 1. The van der Waals surface area contributed by atoms with Crippen LogP contribution in [0.3, 0.4) is 0 Å². The van der Waals surface area contributed by atoms with E-state index in [-0.39, 0.29) is 11.5 Å². The predicted octanol–water partition coefficient (Wildman–Crippen LogP) is 1.77. The third-order valence-corrected chi connectivity index (χ3v) is 3.97. The van der Waals surface area contributed by atoms with Crippen molar-refractivity contribution >= 4 is 33.1 Å². The largest absolute Gasteiger partial charge is 0.465 e. The van der Waals surface area contributed by atoms with E-state index in [2.05, 4.69) is 20.9 Å². The van der Waals surface area contributed by atoms with E-state index in [0.29, 0.717) is 19.6 Å². The average molecular weight is 338 g/mol. The first-order valence-electron chi connectivity index (χ1n) is 6.17. The molecule has 0 spiro atoms. The number of aromatic nitrogens is 2. The van der Waals surface area contributed by atoms with Crippen molar-refractivity contribution < 1.29 is 9.90 Å². The van der Waals surface area contributed by atoms with E-state index in [1.54, 1.807) is 4.57 Å². The van der Waals surface area contributed by atoms with Crippen LogP contribution in [0.4, 0.5) is 4.79 Å². The van der Waals surface area contributed by atoms with Crippen molar-refractivity contribution in [2.75, 3.05) is 13.1 Å². The van der Waals surface area contributed by atoms with Crippen LogP contribution in [0.15, 0.2) is 33.7 Å². The van der Waals surface area contributed by atoms with Gasteiger partial charge in [0.15, 0.2) is 0 Å². The zero-order chi connectivity index (χ0) is 14.3. The first-order valence-corrected chi connectivity index (χ1v) is 6.97. The Labute approximate surface area is 122 Å². The lowest BCUT2D eigenvalue weighted by Gasteiger charge is -2.37. The molecule has 7 heteroatoms. The van der Waals surface area contributed by atoms with Crippen molar-refractivity contribution in [1.29, 1.82) is 0 Å². The number of nitrogens with zero attached hydrogens (tertiary/aromatic N) is 3. The molecule has 1 aromatic heterocycles. The van der Waals surface area contributed by atoms with Crippen molar-refractivity contribution in [3.8, 4) is 0 Å². The Morgan fingerprint density at radius 3 is 2.90 bits per heavy atom. The van der Waals surface area contributed by atoms with Gasteiger partial charge in [-0.15, -0.1) is 0 Å². The van der Waals surface area contributed by atoms with Gasteiger partial charge in [-0.1, -0.05) is 15.9 Å². The highest BCUT2D eigenvalue weighted by Crippen LogP contribution is 2.20. The summed E-state index contributed by atoms with van der Waals surface area (Å²) in [6, 6.07) is 5.57. The Morgan fingerprint density at radius 2 is 2.20 bits per heavy atom. The minimum atomic E-state index is -0.905. The van der Waals surface area contributed by atoms with Crippen LogP contribution in [0.2, 0.25) is 0 Å². The molecule has 0 unspecified atom stereocenters. The molecule has 6 nitrogen and oxygen atoms in total. The van der Waals surface area contributed by atoms with Gasteiger partial charge in [-0.2, -0.15) is 0 Å². The SMILES string of the molecule is O=C(O)N1CC(Cn2c(=O)cnc3cc(Br)ccc32)C1. The second-order valence-electron chi connectivity index (χ2n) is 4.89. The number of amides is 1. The van der Waals surface area contributed by atoms with Crippen molar-refractivity contribution in [2.45, 2.75) is 6.54 Å². The molecule has 1 saturated heterocycles. The van der Waals surface area contributed by atoms with Crippen LogP contribution in [0.1, 0.15) is 0 Å². The van der Waals surface area contributed by atoms with Crippen molar-refractivity contribution in [3.63, 3.8) is 0 Å². The molecule has 0 bridgehead atoms. The minimum absolute atomic E-state index is 0.159. The van der Waals surface area contributed by atoms with Gasteiger partial charge in [0.05, 0.1) is 17.2 Å². The molecule has 0 atom stereocenters. The van der Waals surface area contributed by atoms with Crippen molar-refractivity contribution in [1.82, 2.24) is 14.5 Å². The van der Waals surface area contributed by atoms with Crippen LogP contribution >= 0.6 is 15.9 Å². The van der Waals surface area contributed by atoms with Gasteiger partial charge < -0.3 is 14.6 Å². The summed E-state index contributed by atoms with van der Waals surface area (Å²) in [6.07, 6.45) is 0.402. The van der Waals surface area contributed by atoms with E-state index in [9.17, 15) is 9.59 Å². The summed E-state index contributed by atoms with van der Waals surface area (Å²) in [5.74, 6) is 0.179. The first kappa shape index (κ1) is 13.1. The highest BCUT2D eigenvalue weighted by Gasteiger charge is 2.30. The van der Waals surface area contributed by atoms with Gasteiger partial charge >= 0.3 is 6.09 Å². The summed E-state index contributed by atoms with van der Waals surface area (Å²) in [4.78, 5) is 28.2. The van der Waals surface area contributed by atoms with Crippen LogP contribution in [0.5, 0.6) is 0 Å². The Hall–Kier alpha value is -1.89. The van der Waals surface area contributed by atoms with E-state index in [4.69, 9.17) is 5.11 Å². The van der Waals surface area contributed by atoms with Crippen LogP contribution in [0.25, 0.3) is 11.0 Å². The minimum Gasteiger partial charge on any atom is -0.465 e. The second-order valence-corrected chi connectivity index (χ2v) is 5.81. The molecule has 1 amide bonds. The van der Waals surface area contributed by atoms with E-state index < -0.39 is 6.09 Å². The Balaban J connectivity index is 1.90. The van der Waals surface area contributed by atoms with E-state index >= 15 is 0 Å². The Kier molecular flexibility index (Phi) is 3.21. The van der Waals surface area contributed by atoms with Gasteiger partial charge in [-0.25, -0.2) is 9.78 Å². The topological polar surface area (TPSA) is 75.4 Å². The molecule has 1 N–H and O–H groups in total. The fourth-order valence-electron chi connectivity index (χ4n) is 2.43. The zero-order valence-corrected chi connectivity index (χ0v) is 12.1. The van der Waals surface area contributed by atoms with E-state index in [0.717, 1.165) is 15.5 Å². The number of fused-ring (bicyclic) bond motifs is 1. The lowest BCUT2D eigenvalue weighted by Crippen LogP contribution is -2.51. The molecule has 1 aliphatic rings. The van der Waals surface area contributed by atoms with Gasteiger partial charge in [-0.05, 0) is 18.2 Å². The Bertz CT molecular complexity index is 737. The molecule has 2 heterocycles. The number of benzene rings is 1. The average Bonchev–Trinajstić information content (AvgIpc) is 2.34. The molecular weight excluding hydrogens is 326 g/mol. The molecule has 20 heavy (non-hydrogen) atoms. The zero-order valence-electron chi connectivity index (χ0n) is 10.5. The van der Waals surface area contributed by atoms with Gasteiger partial charge in [0.2, 0.25) is 0 Å². The number of carbonyl (C=O) groups is 1. The summed E-state index contributed by atoms with van der Waals surface area (Å²) in [5, 5.41) is 8.82. The normalized spacial score (nSPS) is 15.3. The summed E-state index contributed by atoms with van der Waals surface area (Å²) >= 11 is 3.38. The smallest absolute Gasteiger partial charge is 0.407 e. The summed E-state index contributed by atoms with van der Waals surface area (Å²) in [7, 11) is 0. The fourth-order valence-corrected chi connectivity index (χ4v) is 2.78. The maximum absolute atomic E-state index is 12.0. The second kappa shape index (κ2) is 4.90. The third kappa shape index (κ3) is 2.29. The van der Waals surface area contributed by atoms with Crippen LogP contribution in [0, 0.1) is 5.92 Å². The monoisotopic (exact) mass is 337 g/mol. The number of rotatable bonds is 2. The van der Waals surface area contributed by atoms with Gasteiger partial charge in [0.1, 0.15) is 0 Å².